The number of nitrogens with zero attached hydrogens (tertiary/aromatic N) is 3. The molecule has 0 spiro atoms. The van der Waals surface area contributed by atoms with Gasteiger partial charge in [0.15, 0.2) is 0 Å². The normalized spacial score (nSPS) is 23.4. The van der Waals surface area contributed by atoms with Gasteiger partial charge in [0.05, 0.1) is 4.92 Å². The van der Waals surface area contributed by atoms with Crippen molar-refractivity contribution in [3.05, 3.63) is 34.4 Å². The molecule has 6 heteroatoms. The minimum atomic E-state index is -0.403. The lowest BCUT2D eigenvalue weighted by Crippen LogP contribution is -2.56. The first-order chi connectivity index (χ1) is 10.5. The van der Waals surface area contributed by atoms with Gasteiger partial charge in [-0.05, 0) is 32.5 Å². The summed E-state index contributed by atoms with van der Waals surface area (Å²) in [6.45, 7) is 11.4. The van der Waals surface area contributed by atoms with Crippen LogP contribution < -0.4 is 4.74 Å². The van der Waals surface area contributed by atoms with Crippen LogP contribution in [0.4, 0.5) is 5.69 Å². The second-order valence-corrected chi connectivity index (χ2v) is 5.88. The largest absolute Gasteiger partial charge is 0.492 e. The zero-order valence-corrected chi connectivity index (χ0v) is 13.6. The molecule has 1 aromatic carbocycles. The SMILES string of the molecule is CCN1C[C@@H](C)N(CCOc2ccc([N+](=O)[O-])cc2)C[C@@H]1C. The fraction of sp³-hybridized carbons (Fsp3) is 0.625. The molecule has 1 aliphatic rings. The molecule has 0 aliphatic carbocycles. The quantitative estimate of drug-likeness (QED) is 0.596. The van der Waals surface area contributed by atoms with Crippen LogP contribution >= 0.6 is 0 Å². The number of nitro benzene ring substituents is 1. The number of piperazine rings is 1. The van der Waals surface area contributed by atoms with Gasteiger partial charge in [-0.25, -0.2) is 0 Å². The molecule has 122 valence electrons. The maximum Gasteiger partial charge on any atom is 0.269 e. The molecular weight excluding hydrogens is 282 g/mol. The molecule has 0 saturated carbocycles. The lowest BCUT2D eigenvalue weighted by atomic mass is 10.1. The smallest absolute Gasteiger partial charge is 0.269 e. The molecule has 1 fully saturated rings. The third-order valence-corrected chi connectivity index (χ3v) is 4.35. The van der Waals surface area contributed by atoms with Crippen molar-refractivity contribution in [3.8, 4) is 5.75 Å². The van der Waals surface area contributed by atoms with Gasteiger partial charge in [-0.2, -0.15) is 0 Å². The van der Waals surface area contributed by atoms with Crippen molar-refractivity contribution in [1.29, 1.82) is 0 Å². The van der Waals surface area contributed by atoms with Crippen LogP contribution in [0.3, 0.4) is 0 Å². The second-order valence-electron chi connectivity index (χ2n) is 5.88. The number of non-ortho nitro benzene ring substituents is 1. The molecule has 0 N–H and O–H groups in total. The molecule has 0 radical (unpaired) electrons. The summed E-state index contributed by atoms with van der Waals surface area (Å²) < 4.78 is 5.70. The van der Waals surface area contributed by atoms with Crippen LogP contribution in [0.15, 0.2) is 24.3 Å². The molecule has 1 aromatic rings. The van der Waals surface area contributed by atoms with Crippen molar-refractivity contribution in [2.45, 2.75) is 32.9 Å². The predicted octanol–water partition coefficient (Wildman–Crippen LogP) is 2.39. The molecule has 0 aromatic heterocycles. The molecular formula is C16H25N3O3. The van der Waals surface area contributed by atoms with E-state index in [4.69, 9.17) is 4.74 Å². The Morgan fingerprint density at radius 1 is 1.18 bits per heavy atom. The van der Waals surface area contributed by atoms with Crippen molar-refractivity contribution < 1.29 is 9.66 Å². The highest BCUT2D eigenvalue weighted by molar-refractivity contribution is 5.35. The van der Waals surface area contributed by atoms with E-state index in [9.17, 15) is 10.1 Å². The molecule has 0 bridgehead atoms. The van der Waals surface area contributed by atoms with Crippen LogP contribution in [0.2, 0.25) is 0 Å². The summed E-state index contributed by atoms with van der Waals surface area (Å²) in [5.41, 5.74) is 0.0884. The predicted molar refractivity (Wildman–Crippen MR) is 86.3 cm³/mol. The van der Waals surface area contributed by atoms with Gasteiger partial charge in [-0.1, -0.05) is 6.92 Å². The van der Waals surface area contributed by atoms with Gasteiger partial charge in [-0.3, -0.25) is 19.9 Å². The van der Waals surface area contributed by atoms with Gasteiger partial charge in [0.1, 0.15) is 12.4 Å². The average molecular weight is 307 g/mol. The summed E-state index contributed by atoms with van der Waals surface area (Å²) in [6.07, 6.45) is 0. The lowest BCUT2D eigenvalue weighted by molar-refractivity contribution is -0.384. The molecule has 1 heterocycles. The van der Waals surface area contributed by atoms with Crippen molar-refractivity contribution in [2.24, 2.45) is 0 Å². The Labute approximate surface area is 131 Å². The molecule has 2 rings (SSSR count). The Morgan fingerprint density at radius 2 is 1.77 bits per heavy atom. The fourth-order valence-corrected chi connectivity index (χ4v) is 2.97. The van der Waals surface area contributed by atoms with E-state index < -0.39 is 4.92 Å². The van der Waals surface area contributed by atoms with E-state index in [0.29, 0.717) is 24.4 Å². The highest BCUT2D eigenvalue weighted by Gasteiger charge is 2.27. The first-order valence-electron chi connectivity index (χ1n) is 7.86. The number of hydrogen-bond donors (Lipinski definition) is 0. The zero-order chi connectivity index (χ0) is 16.1. The van der Waals surface area contributed by atoms with Crippen LogP contribution in [0.5, 0.6) is 5.75 Å². The third-order valence-electron chi connectivity index (χ3n) is 4.35. The van der Waals surface area contributed by atoms with Gasteiger partial charge in [0.25, 0.3) is 5.69 Å². The maximum absolute atomic E-state index is 10.6. The van der Waals surface area contributed by atoms with Gasteiger partial charge < -0.3 is 4.74 Å². The van der Waals surface area contributed by atoms with Gasteiger partial charge in [0.2, 0.25) is 0 Å². The minimum Gasteiger partial charge on any atom is -0.492 e. The molecule has 22 heavy (non-hydrogen) atoms. The van der Waals surface area contributed by atoms with E-state index in [0.717, 1.165) is 26.2 Å². The minimum absolute atomic E-state index is 0.0884. The summed E-state index contributed by atoms with van der Waals surface area (Å²) in [6, 6.07) is 7.34. The Kier molecular flexibility index (Phi) is 5.74. The van der Waals surface area contributed by atoms with Gasteiger partial charge in [-0.15, -0.1) is 0 Å². The molecule has 0 amide bonds. The van der Waals surface area contributed by atoms with E-state index in [1.54, 1.807) is 12.1 Å². The number of hydrogen-bond acceptors (Lipinski definition) is 5. The van der Waals surface area contributed by atoms with E-state index in [1.165, 1.54) is 12.1 Å². The lowest BCUT2D eigenvalue weighted by Gasteiger charge is -2.43. The van der Waals surface area contributed by atoms with Crippen LogP contribution in [-0.2, 0) is 0 Å². The molecule has 1 aliphatic heterocycles. The Hall–Kier alpha value is -1.66. The van der Waals surface area contributed by atoms with Crippen molar-refractivity contribution in [3.63, 3.8) is 0 Å². The number of benzene rings is 1. The number of rotatable bonds is 6. The fourth-order valence-electron chi connectivity index (χ4n) is 2.97. The van der Waals surface area contributed by atoms with Crippen LogP contribution in [0.25, 0.3) is 0 Å². The van der Waals surface area contributed by atoms with E-state index in [-0.39, 0.29) is 5.69 Å². The van der Waals surface area contributed by atoms with E-state index in [1.807, 2.05) is 0 Å². The number of nitro groups is 1. The van der Waals surface area contributed by atoms with E-state index in [2.05, 4.69) is 30.6 Å². The standard InChI is InChI=1S/C16H25N3O3/c1-4-17-11-14(3)18(12-13(17)2)9-10-22-16-7-5-15(6-8-16)19(20)21/h5-8,13-14H,4,9-12H2,1-3H3/t13-,14+/m0/s1. The van der Waals surface area contributed by atoms with E-state index >= 15 is 0 Å². The van der Waals surface area contributed by atoms with Gasteiger partial charge >= 0.3 is 0 Å². The summed E-state index contributed by atoms with van der Waals surface area (Å²) in [5.74, 6) is 0.679. The zero-order valence-electron chi connectivity index (χ0n) is 13.6. The summed E-state index contributed by atoms with van der Waals surface area (Å²) in [5, 5.41) is 10.6. The Balaban J connectivity index is 1.79. The third kappa shape index (κ3) is 4.18. The maximum atomic E-state index is 10.6. The highest BCUT2D eigenvalue weighted by atomic mass is 16.6. The molecule has 2 atom stereocenters. The highest BCUT2D eigenvalue weighted by Crippen LogP contribution is 2.18. The van der Waals surface area contributed by atoms with Crippen LogP contribution in [0.1, 0.15) is 20.8 Å². The molecule has 0 unspecified atom stereocenters. The first kappa shape index (κ1) is 16.7. The monoisotopic (exact) mass is 307 g/mol. The van der Waals surface area contributed by atoms with Gasteiger partial charge in [0, 0.05) is 43.9 Å². The number of ether oxygens (including phenoxy) is 1. The Morgan fingerprint density at radius 3 is 2.36 bits per heavy atom. The summed E-state index contributed by atoms with van der Waals surface area (Å²) in [7, 11) is 0. The average Bonchev–Trinajstić information content (AvgIpc) is 2.50. The van der Waals surface area contributed by atoms with Crippen molar-refractivity contribution >= 4 is 5.69 Å². The van der Waals surface area contributed by atoms with Crippen LogP contribution in [0, 0.1) is 10.1 Å². The van der Waals surface area contributed by atoms with Crippen molar-refractivity contribution in [1.82, 2.24) is 9.80 Å². The molecule has 1 saturated heterocycles. The van der Waals surface area contributed by atoms with Crippen molar-refractivity contribution in [2.75, 3.05) is 32.8 Å². The second kappa shape index (κ2) is 7.56. The summed E-state index contributed by atoms with van der Waals surface area (Å²) >= 11 is 0. The number of likely N-dealkylation sites (N-methyl/N-ethyl adjacent to an activating group) is 1. The Bertz CT molecular complexity index is 492. The topological polar surface area (TPSA) is 58.8 Å². The molecule has 6 nitrogen and oxygen atoms in total. The summed E-state index contributed by atoms with van der Waals surface area (Å²) in [4.78, 5) is 15.1. The van der Waals surface area contributed by atoms with Crippen LogP contribution in [-0.4, -0.2) is 59.6 Å². The first-order valence-corrected chi connectivity index (χ1v) is 7.86.